The Morgan fingerprint density at radius 2 is 1.88 bits per heavy atom. The van der Waals surface area contributed by atoms with Gasteiger partial charge in [0.05, 0.1) is 22.8 Å². The van der Waals surface area contributed by atoms with Crippen LogP contribution in [-0.4, -0.2) is 41.3 Å². The topological polar surface area (TPSA) is 86.7 Å². The molecule has 7 nitrogen and oxygen atoms in total. The summed E-state index contributed by atoms with van der Waals surface area (Å²) in [6.45, 7) is 4.80. The van der Waals surface area contributed by atoms with E-state index in [4.69, 9.17) is 23.2 Å². The molecule has 2 heterocycles. The number of allylic oxidation sites excluding steroid dienone is 1. The number of alkyl halides is 3. The van der Waals surface area contributed by atoms with Gasteiger partial charge in [-0.2, -0.15) is 18.3 Å². The molecular formula is C22H20Cl2F3N5O2. The van der Waals surface area contributed by atoms with Crippen molar-refractivity contribution in [3.63, 3.8) is 0 Å². The first kappa shape index (κ1) is 25.5. The quantitative estimate of drug-likeness (QED) is 0.579. The molecule has 0 saturated heterocycles. The average molecular weight is 514 g/mol. The van der Waals surface area contributed by atoms with Gasteiger partial charge in [0.15, 0.2) is 11.5 Å². The van der Waals surface area contributed by atoms with Crippen molar-refractivity contribution in [2.75, 3.05) is 16.9 Å². The number of aryl methyl sites for hydroxylation is 1. The molecule has 12 heteroatoms. The second-order valence-electron chi connectivity index (χ2n) is 7.75. The van der Waals surface area contributed by atoms with Crippen LogP contribution in [0.1, 0.15) is 29.8 Å². The third kappa shape index (κ3) is 5.87. The largest absolute Gasteiger partial charge is 0.435 e. The highest BCUT2D eigenvalue weighted by Gasteiger charge is 2.38. The molecule has 34 heavy (non-hydrogen) atoms. The highest BCUT2D eigenvalue weighted by Crippen LogP contribution is 2.30. The molecule has 0 radical (unpaired) electrons. The third-order valence-electron chi connectivity index (χ3n) is 4.63. The molecule has 3 rings (SSSR count). The van der Waals surface area contributed by atoms with Crippen molar-refractivity contribution < 1.29 is 22.8 Å². The Hall–Kier alpha value is -3.11. The molecule has 0 unspecified atom stereocenters. The van der Waals surface area contributed by atoms with Gasteiger partial charge in [0.2, 0.25) is 0 Å². The fraction of sp³-hybridized carbons (Fsp3) is 0.273. The van der Waals surface area contributed by atoms with E-state index in [0.717, 1.165) is 5.01 Å². The molecule has 1 aromatic heterocycles. The number of hydrazone groups is 1. The summed E-state index contributed by atoms with van der Waals surface area (Å²) in [5.41, 5.74) is -0.880. The van der Waals surface area contributed by atoms with Gasteiger partial charge in [-0.15, -0.1) is 0 Å². The molecule has 0 spiro atoms. The number of hydrogen-bond acceptors (Lipinski definition) is 5. The van der Waals surface area contributed by atoms with Gasteiger partial charge in [0.25, 0.3) is 11.8 Å². The third-order valence-corrected chi connectivity index (χ3v) is 5.14. The Labute approximate surface area is 203 Å². The molecule has 1 aliphatic rings. The number of halogens is 5. The lowest BCUT2D eigenvalue weighted by Gasteiger charge is -2.26. The molecular weight excluding hydrogens is 494 g/mol. The first-order chi connectivity index (χ1) is 15.9. The number of amides is 2. The molecule has 0 aliphatic carbocycles. The number of nitrogens with zero attached hydrogens (tertiary/aromatic N) is 3. The standard InChI is InChI=1S/C22H20Cl2F3N5O2/c1-11(2)29-21(34)15-9-14(23)7-12(3)18(15)30-20(33)13-8-17(22(25,26)27)31-32(10-13)19-16(24)5-4-6-28-19/h4-9,11H,10H2,1-3H3,(H,29,34)(H,30,33). The van der Waals surface area contributed by atoms with E-state index in [0.29, 0.717) is 11.6 Å². The average Bonchev–Trinajstić information content (AvgIpc) is 2.74. The van der Waals surface area contributed by atoms with Gasteiger partial charge < -0.3 is 10.6 Å². The van der Waals surface area contributed by atoms with Crippen LogP contribution < -0.4 is 15.6 Å². The molecule has 2 N–H and O–H groups in total. The van der Waals surface area contributed by atoms with Crippen LogP contribution in [0.3, 0.4) is 0 Å². The summed E-state index contributed by atoms with van der Waals surface area (Å²) in [6.07, 6.45) is -2.83. The van der Waals surface area contributed by atoms with E-state index >= 15 is 0 Å². The lowest BCUT2D eigenvalue weighted by Crippen LogP contribution is -2.36. The van der Waals surface area contributed by atoms with Crippen LogP contribution in [-0.2, 0) is 4.79 Å². The van der Waals surface area contributed by atoms with E-state index in [1.807, 2.05) is 0 Å². The summed E-state index contributed by atoms with van der Waals surface area (Å²) in [4.78, 5) is 29.7. The number of nitrogens with one attached hydrogen (secondary N) is 2. The van der Waals surface area contributed by atoms with Gasteiger partial charge in [-0.05, 0) is 56.7 Å². The smallest absolute Gasteiger partial charge is 0.350 e. The molecule has 0 atom stereocenters. The summed E-state index contributed by atoms with van der Waals surface area (Å²) in [5, 5.41) is 10.1. The van der Waals surface area contributed by atoms with Crippen LogP contribution >= 0.6 is 23.2 Å². The van der Waals surface area contributed by atoms with Crippen LogP contribution in [0.5, 0.6) is 0 Å². The Kier molecular flexibility index (Phi) is 7.52. The van der Waals surface area contributed by atoms with Gasteiger partial charge in [0, 0.05) is 22.8 Å². The molecule has 0 bridgehead atoms. The molecule has 1 aliphatic heterocycles. The Morgan fingerprint density at radius 3 is 2.50 bits per heavy atom. The van der Waals surface area contributed by atoms with Crippen molar-refractivity contribution in [1.29, 1.82) is 0 Å². The van der Waals surface area contributed by atoms with E-state index < -0.39 is 23.7 Å². The zero-order valence-electron chi connectivity index (χ0n) is 18.3. The minimum absolute atomic E-state index is 0.0380. The Morgan fingerprint density at radius 1 is 1.18 bits per heavy atom. The number of hydrogen-bond donors (Lipinski definition) is 2. The summed E-state index contributed by atoms with van der Waals surface area (Å²) in [5.74, 6) is -1.38. The minimum atomic E-state index is -4.83. The van der Waals surface area contributed by atoms with Crippen LogP contribution in [0.15, 0.2) is 47.2 Å². The summed E-state index contributed by atoms with van der Waals surface area (Å²) < 4.78 is 40.6. The van der Waals surface area contributed by atoms with Gasteiger partial charge in [-0.3, -0.25) is 9.59 Å². The number of carbonyl (C=O) groups excluding carboxylic acids is 2. The summed E-state index contributed by atoms with van der Waals surface area (Å²) in [6, 6.07) is 5.67. The van der Waals surface area contributed by atoms with Crippen LogP contribution in [0.4, 0.5) is 24.7 Å². The van der Waals surface area contributed by atoms with E-state index in [2.05, 4.69) is 20.7 Å². The van der Waals surface area contributed by atoms with Crippen molar-refractivity contribution in [2.45, 2.75) is 33.0 Å². The molecule has 2 aromatic rings. The van der Waals surface area contributed by atoms with Crippen LogP contribution in [0.2, 0.25) is 10.0 Å². The molecule has 0 fully saturated rings. The lowest BCUT2D eigenvalue weighted by molar-refractivity contribution is -0.112. The maximum atomic E-state index is 13.5. The monoisotopic (exact) mass is 513 g/mol. The highest BCUT2D eigenvalue weighted by molar-refractivity contribution is 6.33. The number of anilines is 2. The summed E-state index contributed by atoms with van der Waals surface area (Å²) in [7, 11) is 0. The second kappa shape index (κ2) is 10.0. The first-order valence-electron chi connectivity index (χ1n) is 10.0. The van der Waals surface area contributed by atoms with Crippen molar-refractivity contribution in [3.05, 3.63) is 63.3 Å². The number of rotatable bonds is 5. The fourth-order valence-electron chi connectivity index (χ4n) is 3.15. The number of pyridine rings is 1. The van der Waals surface area contributed by atoms with Crippen molar-refractivity contribution in [2.24, 2.45) is 5.10 Å². The zero-order valence-corrected chi connectivity index (χ0v) is 19.8. The molecule has 2 amide bonds. The van der Waals surface area contributed by atoms with Crippen molar-refractivity contribution in [3.8, 4) is 0 Å². The van der Waals surface area contributed by atoms with E-state index in [-0.39, 0.29) is 45.3 Å². The molecule has 1 aromatic carbocycles. The van der Waals surface area contributed by atoms with Crippen LogP contribution in [0, 0.1) is 6.92 Å². The predicted molar refractivity (Wildman–Crippen MR) is 126 cm³/mol. The van der Waals surface area contributed by atoms with Gasteiger partial charge >= 0.3 is 6.18 Å². The van der Waals surface area contributed by atoms with E-state index in [9.17, 15) is 22.8 Å². The number of aromatic nitrogens is 1. The van der Waals surface area contributed by atoms with Gasteiger partial charge in [0.1, 0.15) is 0 Å². The minimum Gasteiger partial charge on any atom is -0.350 e. The SMILES string of the molecule is Cc1cc(Cl)cc(C(=O)NC(C)C)c1NC(=O)C1=CC(C(F)(F)F)=NN(c2ncccc2Cl)C1. The fourth-order valence-corrected chi connectivity index (χ4v) is 3.65. The van der Waals surface area contributed by atoms with E-state index in [1.54, 1.807) is 20.8 Å². The first-order valence-corrected chi connectivity index (χ1v) is 10.8. The highest BCUT2D eigenvalue weighted by atomic mass is 35.5. The lowest BCUT2D eigenvalue weighted by atomic mass is 10.1. The van der Waals surface area contributed by atoms with Gasteiger partial charge in [-0.25, -0.2) is 9.99 Å². The van der Waals surface area contributed by atoms with Gasteiger partial charge in [-0.1, -0.05) is 23.2 Å². The summed E-state index contributed by atoms with van der Waals surface area (Å²) >= 11 is 12.2. The van der Waals surface area contributed by atoms with Crippen molar-refractivity contribution in [1.82, 2.24) is 10.3 Å². The number of carbonyl (C=O) groups is 2. The van der Waals surface area contributed by atoms with E-state index in [1.165, 1.54) is 30.5 Å². The van der Waals surface area contributed by atoms with Crippen LogP contribution in [0.25, 0.3) is 0 Å². The molecule has 0 saturated carbocycles. The maximum absolute atomic E-state index is 13.5. The van der Waals surface area contributed by atoms with Crippen molar-refractivity contribution >= 4 is 52.2 Å². The second-order valence-corrected chi connectivity index (χ2v) is 8.59. The predicted octanol–water partition coefficient (Wildman–Crippen LogP) is 5.14. The molecule has 180 valence electrons. The zero-order chi connectivity index (χ0) is 25.2. The number of benzene rings is 1. The Balaban J connectivity index is 1.98. The maximum Gasteiger partial charge on any atom is 0.435 e. The normalized spacial score (nSPS) is 14.0. The Bertz CT molecular complexity index is 1200.